The minimum atomic E-state index is -0.804. The fraction of sp³-hybridized carbons (Fsp3) is 0.562. The van der Waals surface area contributed by atoms with Crippen LogP contribution in [0.5, 0.6) is 0 Å². The van der Waals surface area contributed by atoms with Gasteiger partial charge in [0, 0.05) is 24.7 Å². The Balaban J connectivity index is 0.00000176. The molecule has 1 aliphatic carbocycles. The predicted molar refractivity (Wildman–Crippen MR) is 82.8 cm³/mol. The molecule has 6 heteroatoms. The smallest absolute Gasteiger partial charge is 0.230 e. The monoisotopic (exact) mass is 330 g/mol. The molecule has 22 heavy (non-hydrogen) atoms. The highest BCUT2D eigenvalue weighted by molar-refractivity contribution is 5.85. The number of nitrogens with two attached hydrogens (primary N) is 1. The molecule has 0 radical (unpaired) electrons. The van der Waals surface area contributed by atoms with Crippen molar-refractivity contribution in [3.05, 3.63) is 35.4 Å². The van der Waals surface area contributed by atoms with Crippen molar-refractivity contribution in [3.8, 4) is 0 Å². The van der Waals surface area contributed by atoms with Crippen molar-refractivity contribution in [2.75, 3.05) is 13.1 Å². The van der Waals surface area contributed by atoms with Crippen molar-refractivity contribution < 1.29 is 13.6 Å². The highest BCUT2D eigenvalue weighted by Crippen LogP contribution is 2.38. The molecule has 1 aliphatic heterocycles. The number of likely N-dealkylation sites (tertiary alicyclic amines) is 1. The van der Waals surface area contributed by atoms with Crippen molar-refractivity contribution in [2.45, 2.75) is 31.7 Å². The normalized spacial score (nSPS) is 28.2. The number of nitrogens with zero attached hydrogens (tertiary/aromatic N) is 1. The molecule has 122 valence electrons. The summed E-state index contributed by atoms with van der Waals surface area (Å²) >= 11 is 0. The SMILES string of the molecule is CC(C(=O)N1CC2CCC(N)C2C1)c1c(F)cccc1F.Cl. The molecule has 2 aliphatic rings. The van der Waals surface area contributed by atoms with E-state index < -0.39 is 17.6 Å². The lowest BCUT2D eigenvalue weighted by Crippen LogP contribution is -2.36. The quantitative estimate of drug-likeness (QED) is 0.906. The van der Waals surface area contributed by atoms with Gasteiger partial charge in [-0.3, -0.25) is 4.79 Å². The molecular weight excluding hydrogens is 310 g/mol. The number of benzene rings is 1. The van der Waals surface area contributed by atoms with E-state index in [-0.39, 0.29) is 29.9 Å². The first-order valence-corrected chi connectivity index (χ1v) is 7.47. The number of amides is 1. The van der Waals surface area contributed by atoms with E-state index in [0.29, 0.717) is 24.9 Å². The average Bonchev–Trinajstić information content (AvgIpc) is 3.00. The number of fused-ring (bicyclic) bond motifs is 1. The summed E-state index contributed by atoms with van der Waals surface area (Å²) in [4.78, 5) is 14.3. The first-order valence-electron chi connectivity index (χ1n) is 7.47. The van der Waals surface area contributed by atoms with Crippen molar-refractivity contribution in [1.29, 1.82) is 0 Å². The Hall–Kier alpha value is -1.20. The Kier molecular flexibility index (Phi) is 5.07. The van der Waals surface area contributed by atoms with Gasteiger partial charge in [-0.2, -0.15) is 0 Å². The largest absolute Gasteiger partial charge is 0.342 e. The zero-order valence-electron chi connectivity index (χ0n) is 12.5. The zero-order valence-corrected chi connectivity index (χ0v) is 13.3. The molecule has 1 aromatic carbocycles. The maximum Gasteiger partial charge on any atom is 0.230 e. The summed E-state index contributed by atoms with van der Waals surface area (Å²) in [6, 6.07) is 3.84. The van der Waals surface area contributed by atoms with Crippen LogP contribution in [0.3, 0.4) is 0 Å². The Labute approximate surface area is 135 Å². The van der Waals surface area contributed by atoms with Crippen molar-refractivity contribution in [2.24, 2.45) is 17.6 Å². The van der Waals surface area contributed by atoms with Crippen LogP contribution in [0.4, 0.5) is 8.78 Å². The molecule has 0 spiro atoms. The van der Waals surface area contributed by atoms with Crippen LogP contribution in [0.2, 0.25) is 0 Å². The Morgan fingerprint density at radius 3 is 2.50 bits per heavy atom. The molecule has 2 fully saturated rings. The third kappa shape index (κ3) is 2.84. The Morgan fingerprint density at radius 2 is 1.91 bits per heavy atom. The molecule has 3 rings (SSSR count). The lowest BCUT2D eigenvalue weighted by molar-refractivity contribution is -0.131. The van der Waals surface area contributed by atoms with Gasteiger partial charge in [-0.15, -0.1) is 12.4 Å². The molecule has 0 bridgehead atoms. The molecule has 4 atom stereocenters. The molecule has 3 nitrogen and oxygen atoms in total. The summed E-state index contributed by atoms with van der Waals surface area (Å²) in [5, 5.41) is 0. The van der Waals surface area contributed by atoms with Gasteiger partial charge in [0.15, 0.2) is 0 Å². The van der Waals surface area contributed by atoms with Crippen LogP contribution in [-0.4, -0.2) is 29.9 Å². The molecule has 1 aromatic rings. The zero-order chi connectivity index (χ0) is 15.1. The van der Waals surface area contributed by atoms with E-state index in [1.165, 1.54) is 18.2 Å². The van der Waals surface area contributed by atoms with E-state index in [1.807, 2.05) is 0 Å². The van der Waals surface area contributed by atoms with Crippen LogP contribution in [0, 0.1) is 23.5 Å². The van der Waals surface area contributed by atoms with Crippen LogP contribution < -0.4 is 5.73 Å². The average molecular weight is 331 g/mol. The standard InChI is InChI=1S/C16H20F2N2O.ClH/c1-9(15-12(17)3-2-4-13(15)18)16(21)20-7-10-5-6-14(19)11(10)8-20;/h2-4,9-11,14H,5-8,19H2,1H3;1H. The van der Waals surface area contributed by atoms with E-state index in [1.54, 1.807) is 11.8 Å². The molecule has 1 saturated carbocycles. The Bertz CT molecular complexity index is 549. The number of carbonyl (C=O) groups is 1. The molecule has 1 heterocycles. The van der Waals surface area contributed by atoms with Gasteiger partial charge in [0.1, 0.15) is 11.6 Å². The number of hydrogen-bond donors (Lipinski definition) is 1. The molecule has 1 amide bonds. The third-order valence-electron chi connectivity index (χ3n) is 5.03. The van der Waals surface area contributed by atoms with Crippen LogP contribution in [0.1, 0.15) is 31.2 Å². The van der Waals surface area contributed by atoms with E-state index in [0.717, 1.165) is 12.8 Å². The van der Waals surface area contributed by atoms with E-state index in [4.69, 9.17) is 5.73 Å². The molecule has 0 aromatic heterocycles. The highest BCUT2D eigenvalue weighted by Gasteiger charge is 2.43. The molecule has 1 saturated heterocycles. The molecular formula is C16H21ClF2N2O. The van der Waals surface area contributed by atoms with Crippen molar-refractivity contribution in [1.82, 2.24) is 4.90 Å². The van der Waals surface area contributed by atoms with Crippen LogP contribution in [0.15, 0.2) is 18.2 Å². The summed E-state index contributed by atoms with van der Waals surface area (Å²) in [5.74, 6) is -1.55. The summed E-state index contributed by atoms with van der Waals surface area (Å²) in [5.41, 5.74) is 5.92. The second kappa shape index (κ2) is 6.50. The van der Waals surface area contributed by atoms with Gasteiger partial charge in [-0.1, -0.05) is 6.07 Å². The number of rotatable bonds is 2. The second-order valence-electron chi connectivity index (χ2n) is 6.27. The van der Waals surface area contributed by atoms with Gasteiger partial charge in [-0.25, -0.2) is 8.78 Å². The first kappa shape index (κ1) is 17.2. The third-order valence-corrected chi connectivity index (χ3v) is 5.03. The summed E-state index contributed by atoms with van der Waals surface area (Å²) in [6.45, 7) is 2.85. The minimum Gasteiger partial charge on any atom is -0.342 e. The highest BCUT2D eigenvalue weighted by atomic mass is 35.5. The Morgan fingerprint density at radius 1 is 1.27 bits per heavy atom. The van der Waals surface area contributed by atoms with Gasteiger partial charge in [-0.05, 0) is 43.7 Å². The summed E-state index contributed by atoms with van der Waals surface area (Å²) in [6.07, 6.45) is 2.05. The maximum absolute atomic E-state index is 13.8. The molecule has 2 N–H and O–H groups in total. The van der Waals surface area contributed by atoms with Gasteiger partial charge in [0.25, 0.3) is 0 Å². The summed E-state index contributed by atoms with van der Waals surface area (Å²) in [7, 11) is 0. The van der Waals surface area contributed by atoms with Gasteiger partial charge in [0.05, 0.1) is 5.92 Å². The van der Waals surface area contributed by atoms with Crippen molar-refractivity contribution >= 4 is 18.3 Å². The fourth-order valence-electron chi connectivity index (χ4n) is 3.81. The minimum absolute atomic E-state index is 0. The summed E-state index contributed by atoms with van der Waals surface area (Å²) < 4.78 is 27.6. The number of hydrogen-bond acceptors (Lipinski definition) is 2. The number of halogens is 3. The van der Waals surface area contributed by atoms with E-state index >= 15 is 0 Å². The van der Waals surface area contributed by atoms with Gasteiger partial charge in [0.2, 0.25) is 5.91 Å². The predicted octanol–water partition coefficient (Wildman–Crippen LogP) is 2.69. The van der Waals surface area contributed by atoms with Crippen molar-refractivity contribution in [3.63, 3.8) is 0 Å². The van der Waals surface area contributed by atoms with E-state index in [9.17, 15) is 13.6 Å². The van der Waals surface area contributed by atoms with Gasteiger partial charge >= 0.3 is 0 Å². The second-order valence-corrected chi connectivity index (χ2v) is 6.27. The lowest BCUT2D eigenvalue weighted by Gasteiger charge is -2.23. The first-order chi connectivity index (χ1) is 9.99. The van der Waals surface area contributed by atoms with Crippen LogP contribution in [-0.2, 0) is 4.79 Å². The molecule has 4 unspecified atom stereocenters. The van der Waals surface area contributed by atoms with Gasteiger partial charge < -0.3 is 10.6 Å². The van der Waals surface area contributed by atoms with Crippen LogP contribution in [0.25, 0.3) is 0 Å². The van der Waals surface area contributed by atoms with Crippen LogP contribution >= 0.6 is 12.4 Å². The topological polar surface area (TPSA) is 46.3 Å². The fourth-order valence-corrected chi connectivity index (χ4v) is 3.81. The van der Waals surface area contributed by atoms with E-state index in [2.05, 4.69) is 0 Å². The maximum atomic E-state index is 13.8. The number of carbonyl (C=O) groups excluding carboxylic acids is 1. The lowest BCUT2D eigenvalue weighted by atomic mass is 9.98.